The molecule has 1 heterocycles. The second kappa shape index (κ2) is 6.04. The van der Waals surface area contributed by atoms with Crippen molar-refractivity contribution in [1.82, 2.24) is 9.13 Å². The van der Waals surface area contributed by atoms with Crippen molar-refractivity contribution in [3.8, 4) is 0 Å². The lowest BCUT2D eigenvalue weighted by molar-refractivity contribution is -0.131. The fraction of sp³-hybridized carbons (Fsp3) is 0.133. The van der Waals surface area contributed by atoms with Crippen LogP contribution in [0.5, 0.6) is 0 Å². The molecule has 21 heavy (non-hydrogen) atoms. The predicted octanol–water partition coefficient (Wildman–Crippen LogP) is 0.693. The first-order valence-electron chi connectivity index (χ1n) is 6.24. The van der Waals surface area contributed by atoms with Crippen LogP contribution in [0.25, 0.3) is 6.08 Å². The highest BCUT2D eigenvalue weighted by Crippen LogP contribution is 2.07. The number of aromatic nitrogens is 2. The van der Waals surface area contributed by atoms with E-state index in [0.29, 0.717) is 5.56 Å². The van der Waals surface area contributed by atoms with Crippen LogP contribution in [0.3, 0.4) is 0 Å². The van der Waals surface area contributed by atoms with Crippen molar-refractivity contribution in [3.05, 3.63) is 74.6 Å². The summed E-state index contributed by atoms with van der Waals surface area (Å²) in [6, 6.07) is 8.33. The Hall–Kier alpha value is -2.89. The molecule has 6 nitrogen and oxygen atoms in total. The van der Waals surface area contributed by atoms with E-state index in [9.17, 15) is 14.4 Å². The van der Waals surface area contributed by atoms with E-state index in [-0.39, 0.29) is 12.1 Å². The molecular weight excluding hydrogens is 272 g/mol. The van der Waals surface area contributed by atoms with Crippen molar-refractivity contribution < 1.29 is 9.90 Å². The Labute approximate surface area is 120 Å². The van der Waals surface area contributed by atoms with Crippen molar-refractivity contribution in [2.45, 2.75) is 6.54 Å². The quantitative estimate of drug-likeness (QED) is 0.839. The van der Waals surface area contributed by atoms with Gasteiger partial charge in [0.05, 0.1) is 6.54 Å². The highest BCUT2D eigenvalue weighted by molar-refractivity contribution is 5.85. The van der Waals surface area contributed by atoms with Crippen LogP contribution >= 0.6 is 0 Å². The number of benzene rings is 1. The van der Waals surface area contributed by atoms with E-state index in [1.165, 1.54) is 22.9 Å². The number of nitrogens with zero attached hydrogens (tertiary/aromatic N) is 2. The molecule has 2 rings (SSSR count). The highest BCUT2D eigenvalue weighted by atomic mass is 16.4. The van der Waals surface area contributed by atoms with Gasteiger partial charge in [0.1, 0.15) is 0 Å². The summed E-state index contributed by atoms with van der Waals surface area (Å²) in [7, 11) is 1.57. The molecule has 0 unspecified atom stereocenters. The molecule has 0 fully saturated rings. The first kappa shape index (κ1) is 14.5. The smallest absolute Gasteiger partial charge is 0.331 e. The molecule has 0 radical (unpaired) electrons. The number of carboxylic acid groups (broad SMARTS) is 1. The summed E-state index contributed by atoms with van der Waals surface area (Å²) in [6.45, 7) is 0.140. The zero-order valence-electron chi connectivity index (χ0n) is 11.4. The predicted molar refractivity (Wildman–Crippen MR) is 78.2 cm³/mol. The van der Waals surface area contributed by atoms with Gasteiger partial charge in [-0.3, -0.25) is 9.36 Å². The maximum absolute atomic E-state index is 11.9. The van der Waals surface area contributed by atoms with Gasteiger partial charge in [0, 0.05) is 25.4 Å². The summed E-state index contributed by atoms with van der Waals surface area (Å²) in [6.07, 6.45) is 3.91. The monoisotopic (exact) mass is 286 g/mol. The van der Waals surface area contributed by atoms with Crippen LogP contribution in [0.4, 0.5) is 0 Å². The second-order valence-corrected chi connectivity index (χ2v) is 4.55. The lowest BCUT2D eigenvalue weighted by Crippen LogP contribution is -2.38. The van der Waals surface area contributed by atoms with Crippen LogP contribution in [-0.2, 0) is 18.4 Å². The Bertz CT molecular complexity index is 815. The van der Waals surface area contributed by atoms with E-state index < -0.39 is 11.7 Å². The molecular formula is C15H14N2O4. The van der Waals surface area contributed by atoms with Gasteiger partial charge < -0.3 is 9.67 Å². The Balaban J connectivity index is 2.35. The largest absolute Gasteiger partial charge is 0.478 e. The van der Waals surface area contributed by atoms with Gasteiger partial charge in [-0.25, -0.2) is 9.59 Å². The minimum Gasteiger partial charge on any atom is -0.478 e. The van der Waals surface area contributed by atoms with Crippen molar-refractivity contribution >= 4 is 12.0 Å². The first-order valence-corrected chi connectivity index (χ1v) is 6.24. The number of carboxylic acids is 1. The van der Waals surface area contributed by atoms with Crippen LogP contribution < -0.4 is 11.2 Å². The van der Waals surface area contributed by atoms with Gasteiger partial charge in [0.25, 0.3) is 5.56 Å². The molecule has 0 amide bonds. The van der Waals surface area contributed by atoms with Crippen molar-refractivity contribution in [2.24, 2.45) is 7.05 Å². The third-order valence-electron chi connectivity index (χ3n) is 2.95. The van der Waals surface area contributed by atoms with Gasteiger partial charge in [-0.1, -0.05) is 18.2 Å². The van der Waals surface area contributed by atoms with Gasteiger partial charge >= 0.3 is 11.7 Å². The van der Waals surface area contributed by atoms with Crippen LogP contribution in [0.15, 0.2) is 52.2 Å². The first-order chi connectivity index (χ1) is 9.97. The molecule has 0 aliphatic carbocycles. The van der Waals surface area contributed by atoms with E-state index in [0.717, 1.165) is 16.2 Å². The van der Waals surface area contributed by atoms with E-state index in [1.807, 2.05) is 0 Å². The van der Waals surface area contributed by atoms with E-state index in [4.69, 9.17) is 5.11 Å². The lowest BCUT2D eigenvalue weighted by Gasteiger charge is -2.07. The molecule has 0 aliphatic heterocycles. The van der Waals surface area contributed by atoms with E-state index in [1.54, 1.807) is 31.3 Å². The van der Waals surface area contributed by atoms with Gasteiger partial charge in [0.15, 0.2) is 0 Å². The zero-order chi connectivity index (χ0) is 15.4. The SMILES string of the molecule is Cn1ccc(=O)n(Cc2cccc(C=CC(=O)O)c2)c1=O. The van der Waals surface area contributed by atoms with E-state index >= 15 is 0 Å². The van der Waals surface area contributed by atoms with Gasteiger partial charge in [-0.2, -0.15) is 0 Å². The zero-order valence-corrected chi connectivity index (χ0v) is 11.4. The Morgan fingerprint density at radius 1 is 1.29 bits per heavy atom. The van der Waals surface area contributed by atoms with Crippen LogP contribution in [0.2, 0.25) is 0 Å². The molecule has 108 valence electrons. The van der Waals surface area contributed by atoms with Crippen LogP contribution in [0.1, 0.15) is 11.1 Å². The third-order valence-corrected chi connectivity index (χ3v) is 2.95. The maximum Gasteiger partial charge on any atom is 0.331 e. The van der Waals surface area contributed by atoms with Crippen molar-refractivity contribution in [2.75, 3.05) is 0 Å². The summed E-state index contributed by atoms with van der Waals surface area (Å²) in [5.74, 6) is -1.03. The molecule has 6 heteroatoms. The molecule has 0 saturated carbocycles. The van der Waals surface area contributed by atoms with E-state index in [2.05, 4.69) is 0 Å². The molecule has 0 bridgehead atoms. The molecule has 0 saturated heterocycles. The summed E-state index contributed by atoms with van der Waals surface area (Å²) < 4.78 is 2.45. The third kappa shape index (κ3) is 3.56. The van der Waals surface area contributed by atoms with Gasteiger partial charge in [0.2, 0.25) is 0 Å². The Morgan fingerprint density at radius 3 is 2.76 bits per heavy atom. The standard InChI is InChI=1S/C15H14N2O4/c1-16-8-7-13(18)17(15(16)21)10-12-4-2-3-11(9-12)5-6-14(19)20/h2-9H,10H2,1H3,(H,19,20). The lowest BCUT2D eigenvalue weighted by atomic mass is 10.1. The normalized spacial score (nSPS) is 10.9. The number of aryl methyl sites for hydroxylation is 1. The molecule has 1 aromatic heterocycles. The summed E-state index contributed by atoms with van der Waals surface area (Å²) in [5, 5.41) is 8.61. The van der Waals surface area contributed by atoms with Crippen molar-refractivity contribution in [3.63, 3.8) is 0 Å². The van der Waals surface area contributed by atoms with Crippen LogP contribution in [0, 0.1) is 0 Å². The Morgan fingerprint density at radius 2 is 2.05 bits per heavy atom. The fourth-order valence-electron chi connectivity index (χ4n) is 1.90. The molecule has 1 N–H and O–H groups in total. The van der Waals surface area contributed by atoms with Gasteiger partial charge in [-0.15, -0.1) is 0 Å². The maximum atomic E-state index is 11.9. The van der Waals surface area contributed by atoms with Gasteiger partial charge in [-0.05, 0) is 23.3 Å². The molecule has 0 atom stereocenters. The average molecular weight is 286 g/mol. The summed E-state index contributed by atoms with van der Waals surface area (Å²) >= 11 is 0. The van der Waals surface area contributed by atoms with Crippen molar-refractivity contribution in [1.29, 1.82) is 0 Å². The topological polar surface area (TPSA) is 81.3 Å². The number of rotatable bonds is 4. The number of hydrogen-bond donors (Lipinski definition) is 1. The number of hydrogen-bond acceptors (Lipinski definition) is 3. The molecule has 2 aromatic rings. The molecule has 0 aliphatic rings. The van der Waals surface area contributed by atoms with Crippen LogP contribution in [-0.4, -0.2) is 20.2 Å². The number of aliphatic carboxylic acids is 1. The second-order valence-electron chi connectivity index (χ2n) is 4.55. The fourth-order valence-corrected chi connectivity index (χ4v) is 1.90. The minimum atomic E-state index is -1.03. The Kier molecular flexibility index (Phi) is 4.18. The summed E-state index contributed by atoms with van der Waals surface area (Å²) in [4.78, 5) is 34.2. The number of carbonyl (C=O) groups is 1. The molecule has 0 spiro atoms. The highest BCUT2D eigenvalue weighted by Gasteiger charge is 2.04. The minimum absolute atomic E-state index is 0.140. The summed E-state index contributed by atoms with van der Waals surface area (Å²) in [5.41, 5.74) is 0.669. The molecule has 1 aromatic carbocycles. The average Bonchev–Trinajstić information content (AvgIpc) is 2.46.